The highest BCUT2D eigenvalue weighted by Crippen LogP contribution is 2.38. The molecule has 0 atom stereocenters. The van der Waals surface area contributed by atoms with Gasteiger partial charge in [-0.3, -0.25) is 14.9 Å². The van der Waals surface area contributed by atoms with E-state index in [4.69, 9.17) is 4.52 Å². The van der Waals surface area contributed by atoms with Crippen LogP contribution in [-0.4, -0.2) is 22.0 Å². The second-order valence-electron chi connectivity index (χ2n) is 6.25. The molecule has 0 radical (unpaired) electrons. The first-order chi connectivity index (χ1) is 14.0. The average Bonchev–Trinajstić information content (AvgIpc) is 3.42. The van der Waals surface area contributed by atoms with Crippen molar-refractivity contribution in [3.63, 3.8) is 0 Å². The Labute approximate surface area is 174 Å². The van der Waals surface area contributed by atoms with Crippen LogP contribution < -0.4 is 10.6 Å². The van der Waals surface area contributed by atoms with Gasteiger partial charge in [-0.1, -0.05) is 52.4 Å². The molecule has 0 saturated heterocycles. The zero-order chi connectivity index (χ0) is 20.4. The summed E-state index contributed by atoms with van der Waals surface area (Å²) in [5.41, 5.74) is 2.74. The quantitative estimate of drug-likeness (QED) is 0.467. The van der Waals surface area contributed by atoms with Crippen LogP contribution in [0, 0.1) is 6.92 Å². The van der Waals surface area contributed by atoms with Crippen LogP contribution in [0.3, 0.4) is 0 Å². The van der Waals surface area contributed by atoms with Crippen molar-refractivity contribution in [3.8, 4) is 21.9 Å². The van der Waals surface area contributed by atoms with Crippen molar-refractivity contribution in [2.75, 3.05) is 10.6 Å². The Kier molecular flexibility index (Phi) is 5.24. The molecule has 0 unspecified atom stereocenters. The van der Waals surface area contributed by atoms with Crippen LogP contribution in [0.4, 0.5) is 10.1 Å². The van der Waals surface area contributed by atoms with E-state index in [1.807, 2.05) is 48.7 Å². The van der Waals surface area contributed by atoms with Gasteiger partial charge in [0.15, 0.2) is 16.6 Å². The minimum absolute atomic E-state index is 0.148. The summed E-state index contributed by atoms with van der Waals surface area (Å²) >= 11 is 2.69. The molecule has 0 spiro atoms. The Morgan fingerprint density at radius 1 is 1.10 bits per heavy atom. The Hall–Kier alpha value is -3.30. The molecule has 2 N–H and O–H groups in total. The van der Waals surface area contributed by atoms with Crippen LogP contribution >= 0.6 is 22.7 Å². The lowest BCUT2D eigenvalue weighted by atomic mass is 10.1. The van der Waals surface area contributed by atoms with Gasteiger partial charge in [0.05, 0.1) is 4.88 Å². The first-order valence-corrected chi connectivity index (χ1v) is 10.4. The molecule has 29 heavy (non-hydrogen) atoms. The van der Waals surface area contributed by atoms with E-state index in [1.54, 1.807) is 6.07 Å². The number of benzene rings is 1. The van der Waals surface area contributed by atoms with E-state index >= 15 is 0 Å². The van der Waals surface area contributed by atoms with Crippen LogP contribution in [0.5, 0.6) is 0 Å². The Morgan fingerprint density at radius 3 is 2.59 bits per heavy atom. The summed E-state index contributed by atoms with van der Waals surface area (Å²) in [4.78, 5) is 29.5. The zero-order valence-electron chi connectivity index (χ0n) is 15.6. The molecular formula is C20H16N4O3S2. The summed E-state index contributed by atoms with van der Waals surface area (Å²) in [6, 6.07) is 13.1. The fraction of sp³-hybridized carbons (Fsp3) is 0.100. The first kappa shape index (κ1) is 19.0. The number of nitrogens with one attached hydrogen (secondary N) is 2. The SMILES string of the molecule is CC(=O)Nc1sc(NC(=O)c2cc(-c3ccc(C)cc3)on2)nc1-c1cccs1. The van der Waals surface area contributed by atoms with Crippen LogP contribution in [-0.2, 0) is 4.79 Å². The van der Waals surface area contributed by atoms with Gasteiger partial charge in [-0.05, 0) is 18.4 Å². The molecular weight excluding hydrogens is 408 g/mol. The van der Waals surface area contributed by atoms with Crippen LogP contribution in [0.1, 0.15) is 23.0 Å². The fourth-order valence-corrected chi connectivity index (χ4v) is 4.30. The Bertz CT molecular complexity index is 1160. The number of carbonyl (C=O) groups is 2. The summed E-state index contributed by atoms with van der Waals surface area (Å²) < 4.78 is 5.31. The number of thiophene rings is 1. The van der Waals surface area contributed by atoms with Gasteiger partial charge in [0, 0.05) is 18.6 Å². The molecule has 3 aromatic heterocycles. The van der Waals surface area contributed by atoms with E-state index in [0.717, 1.165) is 16.0 Å². The molecule has 3 heterocycles. The minimum atomic E-state index is -0.437. The van der Waals surface area contributed by atoms with Crippen molar-refractivity contribution in [3.05, 3.63) is 59.1 Å². The molecule has 0 aliphatic carbocycles. The molecule has 0 aliphatic heterocycles. The van der Waals surface area contributed by atoms with Crippen LogP contribution in [0.15, 0.2) is 52.4 Å². The fourth-order valence-electron chi connectivity index (χ4n) is 2.60. The summed E-state index contributed by atoms with van der Waals surface area (Å²) in [5, 5.41) is 12.2. The molecule has 4 aromatic rings. The maximum atomic E-state index is 12.6. The number of aromatic nitrogens is 2. The molecule has 2 amide bonds. The van der Waals surface area contributed by atoms with Gasteiger partial charge in [-0.2, -0.15) is 0 Å². The molecule has 4 rings (SSSR count). The lowest BCUT2D eigenvalue weighted by Gasteiger charge is -1.99. The summed E-state index contributed by atoms with van der Waals surface area (Å²) in [6.45, 7) is 3.43. The number of thiazole rings is 1. The number of rotatable bonds is 5. The van der Waals surface area contributed by atoms with Gasteiger partial charge in [-0.15, -0.1) is 11.3 Å². The predicted octanol–water partition coefficient (Wildman–Crippen LogP) is 5.05. The van der Waals surface area contributed by atoms with Gasteiger partial charge >= 0.3 is 0 Å². The number of amides is 2. The number of carbonyl (C=O) groups excluding carboxylic acids is 2. The normalized spacial score (nSPS) is 10.7. The van der Waals surface area contributed by atoms with Crippen molar-refractivity contribution >= 4 is 44.6 Å². The van der Waals surface area contributed by atoms with Gasteiger partial charge in [-0.25, -0.2) is 4.98 Å². The van der Waals surface area contributed by atoms with E-state index in [-0.39, 0.29) is 11.6 Å². The van der Waals surface area contributed by atoms with E-state index < -0.39 is 5.91 Å². The molecule has 0 fully saturated rings. The van der Waals surface area contributed by atoms with E-state index in [1.165, 1.54) is 29.6 Å². The third-order valence-corrected chi connectivity index (χ3v) is 5.73. The third kappa shape index (κ3) is 4.25. The van der Waals surface area contributed by atoms with Crippen molar-refractivity contribution in [2.45, 2.75) is 13.8 Å². The number of hydrogen-bond donors (Lipinski definition) is 2. The van der Waals surface area contributed by atoms with Crippen molar-refractivity contribution in [1.82, 2.24) is 10.1 Å². The van der Waals surface area contributed by atoms with Crippen molar-refractivity contribution in [2.24, 2.45) is 0 Å². The molecule has 0 saturated carbocycles. The second kappa shape index (κ2) is 7.98. The minimum Gasteiger partial charge on any atom is -0.355 e. The maximum absolute atomic E-state index is 12.6. The number of aryl methyl sites for hydroxylation is 1. The number of hydrogen-bond acceptors (Lipinski definition) is 7. The van der Waals surface area contributed by atoms with Crippen molar-refractivity contribution in [1.29, 1.82) is 0 Å². The monoisotopic (exact) mass is 424 g/mol. The second-order valence-corrected chi connectivity index (χ2v) is 8.20. The highest BCUT2D eigenvalue weighted by Gasteiger charge is 2.19. The molecule has 1 aromatic carbocycles. The highest BCUT2D eigenvalue weighted by molar-refractivity contribution is 7.21. The summed E-state index contributed by atoms with van der Waals surface area (Å²) in [6.07, 6.45) is 0. The average molecular weight is 425 g/mol. The molecule has 0 aliphatic rings. The number of nitrogens with zero attached hydrogens (tertiary/aromatic N) is 2. The highest BCUT2D eigenvalue weighted by atomic mass is 32.1. The predicted molar refractivity (Wildman–Crippen MR) is 114 cm³/mol. The smallest absolute Gasteiger partial charge is 0.279 e. The Balaban J connectivity index is 1.55. The largest absolute Gasteiger partial charge is 0.355 e. The summed E-state index contributed by atoms with van der Waals surface area (Å²) in [5.74, 6) is -0.135. The molecule has 0 bridgehead atoms. The van der Waals surface area contributed by atoms with E-state index in [9.17, 15) is 9.59 Å². The van der Waals surface area contributed by atoms with Gasteiger partial charge in [0.1, 0.15) is 10.7 Å². The van der Waals surface area contributed by atoms with Gasteiger partial charge in [0.25, 0.3) is 5.91 Å². The van der Waals surface area contributed by atoms with Crippen LogP contribution in [0.25, 0.3) is 21.9 Å². The third-order valence-electron chi connectivity index (χ3n) is 3.97. The first-order valence-electron chi connectivity index (χ1n) is 8.67. The van der Waals surface area contributed by atoms with Crippen LogP contribution in [0.2, 0.25) is 0 Å². The van der Waals surface area contributed by atoms with Gasteiger partial charge in [0.2, 0.25) is 5.91 Å². The zero-order valence-corrected chi connectivity index (χ0v) is 17.2. The molecule has 7 nitrogen and oxygen atoms in total. The van der Waals surface area contributed by atoms with E-state index in [0.29, 0.717) is 21.6 Å². The number of anilines is 2. The maximum Gasteiger partial charge on any atom is 0.279 e. The Morgan fingerprint density at radius 2 is 1.90 bits per heavy atom. The van der Waals surface area contributed by atoms with Crippen molar-refractivity contribution < 1.29 is 14.1 Å². The molecule has 9 heteroatoms. The topological polar surface area (TPSA) is 97.1 Å². The van der Waals surface area contributed by atoms with E-state index in [2.05, 4.69) is 20.8 Å². The van der Waals surface area contributed by atoms with Gasteiger partial charge < -0.3 is 9.84 Å². The summed E-state index contributed by atoms with van der Waals surface area (Å²) in [7, 11) is 0. The lowest BCUT2D eigenvalue weighted by Crippen LogP contribution is -2.11. The standard InChI is InChI=1S/C20H16N4O3S2/c1-11-5-7-13(8-6-11)15-10-14(24-27-15)18(26)23-20-22-17(16-4-3-9-28-16)19(29-20)21-12(2)25/h3-10H,1-2H3,(H,21,25)(H,22,23,26). The molecule has 146 valence electrons. The lowest BCUT2D eigenvalue weighted by molar-refractivity contribution is -0.114.